The molecule has 0 aliphatic carbocycles. The molecule has 1 aromatic heterocycles. The quantitative estimate of drug-likeness (QED) is 0.448. The maximum absolute atomic E-state index is 12.5. The number of carbonyl (C=O) groups excluding carboxylic acids is 1. The minimum Gasteiger partial charge on any atom is -0.454 e. The highest BCUT2D eigenvalue weighted by Gasteiger charge is 2.26. The molecule has 2 aliphatic rings. The van der Waals surface area contributed by atoms with E-state index in [4.69, 9.17) is 9.47 Å². The standard InChI is InChI=1S/C20H21N3O.C7H6O2/c24-20(21-11-10-14-6-2-1-3-7-14)18-12-16-15-8-4-5-9-17(15)23-19(16)13-22-18;1-2-4-7-6(3-1)8-5-9-7/h1-9,18,22-23H,10-13H2,(H,21,24);1-4H,5H2/t18-;/m0./s1. The van der Waals surface area contributed by atoms with Gasteiger partial charge in [0.15, 0.2) is 11.5 Å². The lowest BCUT2D eigenvalue weighted by Gasteiger charge is -2.23. The molecule has 6 rings (SSSR count). The number of hydrogen-bond acceptors (Lipinski definition) is 4. The van der Waals surface area contributed by atoms with E-state index in [-0.39, 0.29) is 11.9 Å². The molecule has 6 heteroatoms. The molecule has 0 radical (unpaired) electrons. The molecule has 6 nitrogen and oxygen atoms in total. The minimum absolute atomic E-state index is 0.0851. The molecule has 3 N–H and O–H groups in total. The van der Waals surface area contributed by atoms with E-state index < -0.39 is 0 Å². The number of nitrogens with one attached hydrogen (secondary N) is 3. The summed E-state index contributed by atoms with van der Waals surface area (Å²) in [5.74, 6) is 1.77. The van der Waals surface area contributed by atoms with Gasteiger partial charge < -0.3 is 19.8 Å². The topological polar surface area (TPSA) is 75.4 Å². The van der Waals surface area contributed by atoms with E-state index in [0.29, 0.717) is 19.9 Å². The Kier molecular flexibility index (Phi) is 6.26. The molecular weight excluding hydrogens is 414 g/mol. The van der Waals surface area contributed by atoms with Gasteiger partial charge in [0.1, 0.15) is 0 Å². The number of aromatic amines is 1. The smallest absolute Gasteiger partial charge is 0.237 e. The summed E-state index contributed by atoms with van der Waals surface area (Å²) in [6.45, 7) is 1.74. The third-order valence-electron chi connectivity index (χ3n) is 5.99. The van der Waals surface area contributed by atoms with Crippen LogP contribution in [0.15, 0.2) is 78.9 Å². The van der Waals surface area contributed by atoms with Crippen LogP contribution in [0.25, 0.3) is 10.9 Å². The Morgan fingerprint density at radius 2 is 1.61 bits per heavy atom. The molecule has 3 heterocycles. The van der Waals surface area contributed by atoms with Gasteiger partial charge >= 0.3 is 0 Å². The summed E-state index contributed by atoms with van der Waals surface area (Å²) in [6, 6.07) is 26.0. The molecular formula is C27H27N3O3. The summed E-state index contributed by atoms with van der Waals surface area (Å²) in [4.78, 5) is 15.9. The highest BCUT2D eigenvalue weighted by atomic mass is 16.7. The van der Waals surface area contributed by atoms with Gasteiger partial charge in [-0.1, -0.05) is 60.7 Å². The lowest BCUT2D eigenvalue weighted by atomic mass is 9.98. The van der Waals surface area contributed by atoms with Crippen LogP contribution in [0.2, 0.25) is 0 Å². The summed E-state index contributed by atoms with van der Waals surface area (Å²) in [5, 5.41) is 7.63. The van der Waals surface area contributed by atoms with Crippen LogP contribution in [0.1, 0.15) is 16.8 Å². The monoisotopic (exact) mass is 441 g/mol. The van der Waals surface area contributed by atoms with Gasteiger partial charge in [0.2, 0.25) is 12.7 Å². The highest BCUT2D eigenvalue weighted by Crippen LogP contribution is 2.30. The van der Waals surface area contributed by atoms with Gasteiger partial charge in [-0.25, -0.2) is 0 Å². The van der Waals surface area contributed by atoms with Gasteiger partial charge in [0.25, 0.3) is 0 Å². The highest BCUT2D eigenvalue weighted by molar-refractivity contribution is 5.88. The van der Waals surface area contributed by atoms with Crippen molar-refractivity contribution in [3.63, 3.8) is 0 Å². The Balaban J connectivity index is 0.000000211. The Labute approximate surface area is 192 Å². The van der Waals surface area contributed by atoms with E-state index in [0.717, 1.165) is 29.9 Å². The summed E-state index contributed by atoms with van der Waals surface area (Å²) in [6.07, 6.45) is 1.59. The average molecular weight is 442 g/mol. The maximum atomic E-state index is 12.5. The number of fused-ring (bicyclic) bond motifs is 4. The minimum atomic E-state index is -0.160. The fourth-order valence-electron chi connectivity index (χ4n) is 4.27. The van der Waals surface area contributed by atoms with Crippen LogP contribution in [0.4, 0.5) is 0 Å². The van der Waals surface area contributed by atoms with E-state index in [2.05, 4.69) is 39.9 Å². The first-order valence-corrected chi connectivity index (χ1v) is 11.3. The first-order valence-electron chi connectivity index (χ1n) is 11.3. The normalized spacial score (nSPS) is 15.9. The SMILES string of the molecule is O=C(NCCc1ccccc1)[C@@H]1Cc2c([nH]c3ccccc23)CN1.c1ccc2c(c1)OCO2. The lowest BCUT2D eigenvalue weighted by molar-refractivity contribution is -0.123. The Hall–Kier alpha value is -3.77. The number of amides is 1. The Morgan fingerprint density at radius 1 is 0.909 bits per heavy atom. The third kappa shape index (κ3) is 4.86. The summed E-state index contributed by atoms with van der Waals surface area (Å²) in [7, 11) is 0. The number of H-pyrrole nitrogens is 1. The van der Waals surface area contributed by atoms with E-state index in [1.54, 1.807) is 0 Å². The summed E-state index contributed by atoms with van der Waals surface area (Å²) < 4.78 is 10.2. The molecule has 0 saturated carbocycles. The number of hydrogen-bond donors (Lipinski definition) is 3. The van der Waals surface area contributed by atoms with Crippen LogP contribution in [0.3, 0.4) is 0 Å². The van der Waals surface area contributed by atoms with Crippen molar-refractivity contribution in [3.05, 3.63) is 95.7 Å². The van der Waals surface area contributed by atoms with Gasteiger partial charge in [-0.3, -0.25) is 10.1 Å². The molecule has 168 valence electrons. The van der Waals surface area contributed by atoms with Crippen molar-refractivity contribution < 1.29 is 14.3 Å². The molecule has 33 heavy (non-hydrogen) atoms. The molecule has 4 aromatic rings. The van der Waals surface area contributed by atoms with Crippen molar-refractivity contribution in [1.82, 2.24) is 15.6 Å². The maximum Gasteiger partial charge on any atom is 0.237 e. The van der Waals surface area contributed by atoms with E-state index in [9.17, 15) is 4.79 Å². The zero-order valence-electron chi connectivity index (χ0n) is 18.3. The second-order valence-electron chi connectivity index (χ2n) is 8.15. The number of ether oxygens (including phenoxy) is 2. The fourth-order valence-corrected chi connectivity index (χ4v) is 4.27. The van der Waals surface area contributed by atoms with Gasteiger partial charge in [-0.15, -0.1) is 0 Å². The van der Waals surface area contributed by atoms with Gasteiger partial charge in [-0.2, -0.15) is 0 Å². The van der Waals surface area contributed by atoms with Gasteiger partial charge in [-0.05, 0) is 42.2 Å². The zero-order chi connectivity index (χ0) is 22.5. The van der Waals surface area contributed by atoms with Crippen molar-refractivity contribution in [3.8, 4) is 11.5 Å². The predicted molar refractivity (Wildman–Crippen MR) is 128 cm³/mol. The summed E-state index contributed by atoms with van der Waals surface area (Å²) in [5.41, 5.74) is 4.86. The summed E-state index contributed by atoms with van der Waals surface area (Å²) >= 11 is 0. The van der Waals surface area contributed by atoms with E-state index >= 15 is 0 Å². The van der Waals surface area contributed by atoms with Crippen LogP contribution < -0.4 is 20.1 Å². The molecule has 0 spiro atoms. The lowest BCUT2D eigenvalue weighted by Crippen LogP contribution is -2.48. The molecule has 1 amide bonds. The first kappa shape index (κ1) is 21.1. The second kappa shape index (κ2) is 9.79. The molecule has 0 bridgehead atoms. The third-order valence-corrected chi connectivity index (χ3v) is 5.99. The molecule has 0 fully saturated rings. The van der Waals surface area contributed by atoms with Crippen molar-refractivity contribution in [2.75, 3.05) is 13.3 Å². The Bertz CT molecular complexity index is 1210. The fraction of sp³-hybridized carbons (Fsp3) is 0.222. The van der Waals surface area contributed by atoms with Crippen LogP contribution in [0, 0.1) is 0 Å². The number of para-hydroxylation sites is 3. The van der Waals surface area contributed by atoms with Crippen molar-refractivity contribution >= 4 is 16.8 Å². The van der Waals surface area contributed by atoms with Gasteiger partial charge in [0.05, 0.1) is 6.04 Å². The van der Waals surface area contributed by atoms with Crippen molar-refractivity contribution in [2.24, 2.45) is 0 Å². The molecule has 0 saturated heterocycles. The van der Waals surface area contributed by atoms with Gasteiger partial charge in [0, 0.05) is 29.7 Å². The molecule has 3 aromatic carbocycles. The van der Waals surface area contributed by atoms with Crippen LogP contribution in [-0.2, 0) is 24.2 Å². The molecule has 1 atom stereocenters. The molecule has 0 unspecified atom stereocenters. The second-order valence-corrected chi connectivity index (χ2v) is 8.15. The van der Waals surface area contributed by atoms with Crippen molar-refractivity contribution in [1.29, 1.82) is 0 Å². The van der Waals surface area contributed by atoms with Crippen molar-refractivity contribution in [2.45, 2.75) is 25.4 Å². The largest absolute Gasteiger partial charge is 0.454 e. The van der Waals surface area contributed by atoms with Crippen LogP contribution in [0.5, 0.6) is 11.5 Å². The van der Waals surface area contributed by atoms with Crippen LogP contribution >= 0.6 is 0 Å². The Morgan fingerprint density at radius 3 is 2.39 bits per heavy atom. The van der Waals surface area contributed by atoms with Crippen LogP contribution in [-0.4, -0.2) is 30.3 Å². The predicted octanol–water partition coefficient (Wildman–Crippen LogP) is 3.96. The van der Waals surface area contributed by atoms with E-state index in [1.165, 1.54) is 22.2 Å². The average Bonchev–Trinajstić information content (AvgIpc) is 3.49. The molecule has 2 aliphatic heterocycles. The number of carbonyl (C=O) groups is 1. The number of benzene rings is 3. The number of rotatable bonds is 4. The first-order chi connectivity index (χ1) is 16.3. The zero-order valence-corrected chi connectivity index (χ0v) is 18.3. The number of aromatic nitrogens is 1. The van der Waals surface area contributed by atoms with E-state index in [1.807, 2.05) is 54.6 Å².